The number of hydrogen-bond donors (Lipinski definition) is 1. The van der Waals surface area contributed by atoms with Gasteiger partial charge < -0.3 is 14.6 Å². The van der Waals surface area contributed by atoms with Crippen molar-refractivity contribution < 1.29 is 27.9 Å². The Labute approximate surface area is 182 Å². The van der Waals surface area contributed by atoms with Crippen molar-refractivity contribution in [2.24, 2.45) is 0 Å². The molecule has 0 saturated carbocycles. The molecule has 0 aromatic carbocycles. The fourth-order valence-electron chi connectivity index (χ4n) is 3.73. The molecule has 170 valence electrons. The fraction of sp³-hybridized carbons (Fsp3) is 0.550. The number of aryl methyl sites for hydroxylation is 1. The van der Waals surface area contributed by atoms with Crippen LogP contribution >= 0.6 is 11.3 Å². The maximum absolute atomic E-state index is 12.8. The summed E-state index contributed by atoms with van der Waals surface area (Å²) in [5.41, 5.74) is 2.38. The fourth-order valence-corrected chi connectivity index (χ4v) is 4.62. The van der Waals surface area contributed by atoms with E-state index < -0.39 is 12.1 Å². The van der Waals surface area contributed by atoms with Gasteiger partial charge in [-0.25, -0.2) is 9.78 Å². The molecule has 0 spiro atoms. The smallest absolute Gasteiger partial charge is 0.475 e. The zero-order valence-electron chi connectivity index (χ0n) is 17.2. The molecule has 0 aliphatic carbocycles. The summed E-state index contributed by atoms with van der Waals surface area (Å²) in [6.07, 6.45) is 0.414. The summed E-state index contributed by atoms with van der Waals surface area (Å²) < 4.78 is 34.1. The van der Waals surface area contributed by atoms with Crippen LogP contribution in [-0.4, -0.2) is 68.7 Å². The topological polar surface area (TPSA) is 78.7 Å². The van der Waals surface area contributed by atoms with Crippen molar-refractivity contribution in [3.63, 3.8) is 0 Å². The average Bonchev–Trinajstić information content (AvgIpc) is 3.42. The molecular weight excluding hydrogens is 433 g/mol. The second-order valence-electron chi connectivity index (χ2n) is 7.58. The molecule has 31 heavy (non-hydrogen) atoms. The van der Waals surface area contributed by atoms with E-state index in [-0.39, 0.29) is 5.91 Å². The molecular formula is C20H25F3N4O3S. The summed E-state index contributed by atoms with van der Waals surface area (Å²) in [5.74, 6) is -1.45. The van der Waals surface area contributed by atoms with Gasteiger partial charge in [0.1, 0.15) is 5.82 Å². The number of amides is 1. The number of hydrogen-bond acceptors (Lipinski definition) is 5. The zero-order chi connectivity index (χ0) is 22.6. The molecule has 4 rings (SSSR count). The van der Waals surface area contributed by atoms with Gasteiger partial charge in [0.2, 0.25) is 0 Å². The lowest BCUT2D eigenvalue weighted by Crippen LogP contribution is -2.33. The third-order valence-electron chi connectivity index (χ3n) is 5.39. The van der Waals surface area contributed by atoms with Gasteiger partial charge in [-0.15, -0.1) is 11.3 Å². The third-order valence-corrected chi connectivity index (χ3v) is 6.39. The van der Waals surface area contributed by atoms with E-state index >= 15 is 0 Å². The first-order chi connectivity index (χ1) is 14.7. The summed E-state index contributed by atoms with van der Waals surface area (Å²) in [7, 11) is 0. The van der Waals surface area contributed by atoms with Crippen molar-refractivity contribution in [2.45, 2.75) is 45.5 Å². The lowest BCUT2D eigenvalue weighted by molar-refractivity contribution is -0.192. The van der Waals surface area contributed by atoms with Gasteiger partial charge in [-0.1, -0.05) is 0 Å². The number of imidazole rings is 1. The van der Waals surface area contributed by atoms with Crippen LogP contribution in [0.15, 0.2) is 17.6 Å². The van der Waals surface area contributed by atoms with Gasteiger partial charge in [0.15, 0.2) is 0 Å². The maximum atomic E-state index is 12.8. The molecule has 1 saturated heterocycles. The van der Waals surface area contributed by atoms with Crippen LogP contribution in [0.25, 0.3) is 0 Å². The SMILES string of the molecule is Cc1ccsc1C(=O)N1CCc2ncc(CN3CCCC3)n2CC1.O=C(O)C(F)(F)F. The number of carboxylic acid groups (broad SMARTS) is 1. The molecule has 0 atom stereocenters. The van der Waals surface area contributed by atoms with E-state index in [1.165, 1.54) is 31.6 Å². The van der Waals surface area contributed by atoms with Crippen LogP contribution in [0.3, 0.4) is 0 Å². The summed E-state index contributed by atoms with van der Waals surface area (Å²) in [4.78, 5) is 31.7. The van der Waals surface area contributed by atoms with Gasteiger partial charge in [0.25, 0.3) is 5.91 Å². The molecule has 2 aromatic rings. The Hall–Kier alpha value is -2.40. The summed E-state index contributed by atoms with van der Waals surface area (Å²) in [6.45, 7) is 7.79. The molecule has 11 heteroatoms. The summed E-state index contributed by atoms with van der Waals surface area (Å²) >= 11 is 1.55. The number of alkyl halides is 3. The first-order valence-electron chi connectivity index (χ1n) is 10.1. The predicted molar refractivity (Wildman–Crippen MR) is 109 cm³/mol. The molecule has 2 aliphatic rings. The first kappa shape index (κ1) is 23.3. The van der Waals surface area contributed by atoms with E-state index in [0.29, 0.717) is 0 Å². The number of carbonyl (C=O) groups is 2. The normalized spacial score (nSPS) is 17.0. The minimum absolute atomic E-state index is 0.175. The molecule has 7 nitrogen and oxygen atoms in total. The quantitative estimate of drug-likeness (QED) is 0.765. The van der Waals surface area contributed by atoms with Crippen molar-refractivity contribution >= 4 is 23.2 Å². The lowest BCUT2D eigenvalue weighted by atomic mass is 10.2. The largest absolute Gasteiger partial charge is 0.490 e. The molecule has 1 fully saturated rings. The van der Waals surface area contributed by atoms with Crippen LogP contribution in [0, 0.1) is 6.92 Å². The second kappa shape index (κ2) is 9.82. The van der Waals surface area contributed by atoms with Crippen LogP contribution in [0.5, 0.6) is 0 Å². The number of thiophene rings is 1. The van der Waals surface area contributed by atoms with E-state index in [1.54, 1.807) is 11.3 Å². The number of likely N-dealkylation sites (tertiary alicyclic amines) is 1. The van der Waals surface area contributed by atoms with E-state index in [9.17, 15) is 18.0 Å². The number of rotatable bonds is 3. The molecule has 0 unspecified atom stereocenters. The Balaban J connectivity index is 0.000000339. The third kappa shape index (κ3) is 5.85. The minimum Gasteiger partial charge on any atom is -0.475 e. The molecule has 2 aromatic heterocycles. The Morgan fingerprint density at radius 2 is 1.84 bits per heavy atom. The van der Waals surface area contributed by atoms with Crippen LogP contribution in [0.4, 0.5) is 13.2 Å². The van der Waals surface area contributed by atoms with Crippen LogP contribution < -0.4 is 0 Å². The summed E-state index contributed by atoms with van der Waals surface area (Å²) in [5, 5.41) is 9.12. The molecule has 2 aliphatic heterocycles. The van der Waals surface area contributed by atoms with Crippen molar-refractivity contribution in [3.05, 3.63) is 39.6 Å². The Kier molecular flexibility index (Phi) is 7.37. The van der Waals surface area contributed by atoms with Gasteiger partial charge in [0.05, 0.1) is 10.6 Å². The first-order valence-corrected chi connectivity index (χ1v) is 10.9. The van der Waals surface area contributed by atoms with E-state index in [0.717, 1.165) is 48.9 Å². The van der Waals surface area contributed by atoms with Gasteiger partial charge in [-0.3, -0.25) is 9.69 Å². The molecule has 4 heterocycles. The van der Waals surface area contributed by atoms with Crippen molar-refractivity contribution in [1.29, 1.82) is 0 Å². The predicted octanol–water partition coefficient (Wildman–Crippen LogP) is 3.18. The minimum atomic E-state index is -5.08. The second-order valence-corrected chi connectivity index (χ2v) is 8.49. The summed E-state index contributed by atoms with van der Waals surface area (Å²) in [6, 6.07) is 2.02. The highest BCUT2D eigenvalue weighted by molar-refractivity contribution is 7.12. The van der Waals surface area contributed by atoms with Gasteiger partial charge in [0, 0.05) is 38.8 Å². The molecule has 1 amide bonds. The Morgan fingerprint density at radius 3 is 2.42 bits per heavy atom. The van der Waals surface area contributed by atoms with Gasteiger partial charge in [-0.05, 0) is 49.9 Å². The number of fused-ring (bicyclic) bond motifs is 1. The highest BCUT2D eigenvalue weighted by Gasteiger charge is 2.38. The number of carbonyl (C=O) groups excluding carboxylic acids is 1. The highest BCUT2D eigenvalue weighted by Crippen LogP contribution is 2.21. The highest BCUT2D eigenvalue weighted by atomic mass is 32.1. The number of aromatic nitrogens is 2. The number of halogens is 3. The van der Waals surface area contributed by atoms with Gasteiger partial charge >= 0.3 is 12.1 Å². The van der Waals surface area contributed by atoms with E-state index in [2.05, 4.69) is 14.5 Å². The van der Waals surface area contributed by atoms with Crippen molar-refractivity contribution in [3.8, 4) is 0 Å². The molecule has 0 bridgehead atoms. The lowest BCUT2D eigenvalue weighted by Gasteiger charge is -2.20. The maximum Gasteiger partial charge on any atom is 0.490 e. The van der Waals surface area contributed by atoms with E-state index in [1.807, 2.05) is 29.5 Å². The monoisotopic (exact) mass is 458 g/mol. The van der Waals surface area contributed by atoms with Crippen molar-refractivity contribution in [2.75, 3.05) is 26.2 Å². The Bertz CT molecular complexity index is 919. The van der Waals surface area contributed by atoms with Gasteiger partial charge in [-0.2, -0.15) is 13.2 Å². The number of carboxylic acids is 1. The van der Waals surface area contributed by atoms with Crippen LogP contribution in [0.2, 0.25) is 0 Å². The van der Waals surface area contributed by atoms with Crippen molar-refractivity contribution in [1.82, 2.24) is 19.4 Å². The number of aliphatic carboxylic acids is 1. The Morgan fingerprint density at radius 1 is 1.16 bits per heavy atom. The zero-order valence-corrected chi connectivity index (χ0v) is 18.0. The molecule has 0 radical (unpaired) electrons. The average molecular weight is 459 g/mol. The van der Waals surface area contributed by atoms with Crippen LogP contribution in [-0.2, 0) is 24.3 Å². The molecule has 1 N–H and O–H groups in total. The van der Waals surface area contributed by atoms with Crippen LogP contribution in [0.1, 0.15) is 39.6 Å². The van der Waals surface area contributed by atoms with E-state index in [4.69, 9.17) is 9.90 Å². The standard InChI is InChI=1S/C18H24N4OS.C2HF3O2/c1-14-5-11-24-17(14)18(23)21-8-4-16-19-12-15(22(16)10-9-21)13-20-6-2-3-7-20;3-2(4,5)1(6)7/h5,11-12H,2-4,6-10,13H2,1H3;(H,6,7). The number of nitrogens with zero attached hydrogens (tertiary/aromatic N) is 4.